The number of aromatic nitrogens is 2. The van der Waals surface area contributed by atoms with E-state index in [4.69, 9.17) is 16.6 Å². The molecule has 0 saturated heterocycles. The fourth-order valence-corrected chi connectivity index (χ4v) is 2.42. The molecule has 0 spiro atoms. The summed E-state index contributed by atoms with van der Waals surface area (Å²) in [7, 11) is 0. The average molecular weight is 304 g/mol. The number of hydrogen-bond acceptors (Lipinski definition) is 3. The third-order valence-electron chi connectivity index (χ3n) is 3.51. The normalized spacial score (nSPS) is 11.0. The van der Waals surface area contributed by atoms with Crippen LogP contribution in [0.15, 0.2) is 30.3 Å². The third-order valence-corrected chi connectivity index (χ3v) is 3.88. The first-order valence-electron chi connectivity index (χ1n) is 7.36. The Morgan fingerprint density at radius 2 is 1.81 bits per heavy atom. The molecule has 0 fully saturated rings. The zero-order valence-corrected chi connectivity index (χ0v) is 13.9. The molecule has 0 amide bonds. The molecule has 1 aromatic heterocycles. The fourth-order valence-electron chi connectivity index (χ4n) is 2.24. The van der Waals surface area contributed by atoms with Gasteiger partial charge >= 0.3 is 0 Å². The summed E-state index contributed by atoms with van der Waals surface area (Å²) in [6.45, 7) is 9.18. The van der Waals surface area contributed by atoms with E-state index in [-0.39, 0.29) is 0 Å². The van der Waals surface area contributed by atoms with Gasteiger partial charge in [0, 0.05) is 24.6 Å². The molecule has 1 aromatic carbocycles. The molecule has 3 nitrogen and oxygen atoms in total. The van der Waals surface area contributed by atoms with E-state index < -0.39 is 0 Å². The molecule has 0 aliphatic rings. The van der Waals surface area contributed by atoms with Gasteiger partial charge < -0.3 is 4.90 Å². The minimum atomic E-state index is 0.333. The van der Waals surface area contributed by atoms with Crippen molar-refractivity contribution in [2.75, 3.05) is 4.90 Å². The first-order valence-corrected chi connectivity index (χ1v) is 7.74. The Morgan fingerprint density at radius 3 is 2.38 bits per heavy atom. The molecule has 0 atom stereocenters. The monoisotopic (exact) mass is 303 g/mol. The van der Waals surface area contributed by atoms with Crippen LogP contribution in [0, 0.1) is 6.92 Å². The van der Waals surface area contributed by atoms with Crippen LogP contribution in [-0.4, -0.2) is 16.0 Å². The van der Waals surface area contributed by atoms with Crippen molar-refractivity contribution in [1.82, 2.24) is 9.97 Å². The summed E-state index contributed by atoms with van der Waals surface area (Å²) >= 11 is 6.27. The van der Waals surface area contributed by atoms with Crippen LogP contribution >= 0.6 is 11.6 Å². The maximum atomic E-state index is 6.27. The molecule has 0 bridgehead atoms. The maximum Gasteiger partial charge on any atom is 0.137 e. The molecule has 21 heavy (non-hydrogen) atoms. The van der Waals surface area contributed by atoms with Crippen LogP contribution in [0.2, 0.25) is 5.15 Å². The van der Waals surface area contributed by atoms with Crippen LogP contribution in [0.25, 0.3) is 0 Å². The highest BCUT2D eigenvalue weighted by Gasteiger charge is 2.18. The minimum Gasteiger partial charge on any atom is -0.349 e. The quantitative estimate of drug-likeness (QED) is 0.766. The molecule has 0 radical (unpaired) electrons. The van der Waals surface area contributed by atoms with Gasteiger partial charge in [-0.3, -0.25) is 0 Å². The van der Waals surface area contributed by atoms with E-state index in [1.54, 1.807) is 0 Å². The number of halogens is 1. The molecular formula is C17H22ClN3. The van der Waals surface area contributed by atoms with Crippen LogP contribution in [0.4, 0.5) is 5.82 Å². The third kappa shape index (κ3) is 3.73. The Hall–Kier alpha value is -1.61. The number of hydrogen-bond donors (Lipinski definition) is 0. The summed E-state index contributed by atoms with van der Waals surface area (Å²) < 4.78 is 0. The van der Waals surface area contributed by atoms with Crippen molar-refractivity contribution in [2.24, 2.45) is 0 Å². The summed E-state index contributed by atoms with van der Waals surface area (Å²) in [6.07, 6.45) is 0.782. The molecule has 0 aliphatic carbocycles. The van der Waals surface area contributed by atoms with E-state index in [0.29, 0.717) is 11.2 Å². The summed E-state index contributed by atoms with van der Waals surface area (Å²) in [5, 5.41) is 0.551. The minimum absolute atomic E-state index is 0.333. The molecule has 0 aliphatic heterocycles. The van der Waals surface area contributed by atoms with E-state index in [9.17, 15) is 0 Å². The highest BCUT2D eigenvalue weighted by molar-refractivity contribution is 6.30. The van der Waals surface area contributed by atoms with Crippen molar-refractivity contribution >= 4 is 17.4 Å². The largest absolute Gasteiger partial charge is 0.349 e. The van der Waals surface area contributed by atoms with Crippen molar-refractivity contribution in [2.45, 2.75) is 46.7 Å². The van der Waals surface area contributed by atoms with Gasteiger partial charge in [-0.2, -0.15) is 0 Å². The first kappa shape index (κ1) is 15.8. The summed E-state index contributed by atoms with van der Waals surface area (Å²) in [5.74, 6) is 1.73. The Labute approximate surface area is 132 Å². The van der Waals surface area contributed by atoms with Crippen molar-refractivity contribution in [3.63, 3.8) is 0 Å². The number of anilines is 1. The SMILES string of the molecule is CCc1nc(Cl)c(C)c(N(Cc2ccccc2)C(C)C)n1. The molecule has 0 saturated carbocycles. The van der Waals surface area contributed by atoms with Gasteiger partial charge in [0.05, 0.1) is 0 Å². The van der Waals surface area contributed by atoms with Gasteiger partial charge in [0.15, 0.2) is 0 Å². The lowest BCUT2D eigenvalue weighted by Gasteiger charge is -2.29. The lowest BCUT2D eigenvalue weighted by molar-refractivity contribution is 0.665. The van der Waals surface area contributed by atoms with Crippen molar-refractivity contribution < 1.29 is 0 Å². The van der Waals surface area contributed by atoms with Crippen molar-refractivity contribution in [1.29, 1.82) is 0 Å². The van der Waals surface area contributed by atoms with Gasteiger partial charge in [-0.05, 0) is 26.3 Å². The van der Waals surface area contributed by atoms with E-state index in [2.05, 4.69) is 48.0 Å². The van der Waals surface area contributed by atoms with Crippen molar-refractivity contribution in [3.8, 4) is 0 Å². The molecule has 2 aromatic rings. The Kier molecular flexibility index (Phi) is 5.18. The van der Waals surface area contributed by atoms with Crippen LogP contribution in [-0.2, 0) is 13.0 Å². The van der Waals surface area contributed by atoms with Crippen molar-refractivity contribution in [3.05, 3.63) is 52.4 Å². The summed E-state index contributed by atoms with van der Waals surface area (Å²) in [5.41, 5.74) is 2.21. The molecule has 1 heterocycles. The number of rotatable bonds is 5. The Balaban J connectivity index is 2.41. The fraction of sp³-hybridized carbons (Fsp3) is 0.412. The molecule has 112 valence electrons. The van der Waals surface area contributed by atoms with Gasteiger partial charge in [-0.15, -0.1) is 0 Å². The maximum absolute atomic E-state index is 6.27. The van der Waals surface area contributed by atoms with Crippen LogP contribution in [0.3, 0.4) is 0 Å². The Morgan fingerprint density at radius 1 is 1.14 bits per heavy atom. The second kappa shape index (κ2) is 6.90. The van der Waals surface area contributed by atoms with E-state index >= 15 is 0 Å². The molecule has 0 unspecified atom stereocenters. The lowest BCUT2D eigenvalue weighted by Crippen LogP contribution is -2.32. The predicted molar refractivity (Wildman–Crippen MR) is 88.9 cm³/mol. The van der Waals surface area contributed by atoms with Gasteiger partial charge in [0.25, 0.3) is 0 Å². The smallest absolute Gasteiger partial charge is 0.137 e. The van der Waals surface area contributed by atoms with Crippen LogP contribution in [0.5, 0.6) is 0 Å². The van der Waals surface area contributed by atoms with Gasteiger partial charge in [0.2, 0.25) is 0 Å². The van der Waals surface area contributed by atoms with E-state index in [1.807, 2.05) is 19.9 Å². The molecule has 4 heteroatoms. The number of nitrogens with zero attached hydrogens (tertiary/aromatic N) is 3. The summed E-state index contributed by atoms with van der Waals surface area (Å²) in [6, 6.07) is 10.8. The molecular weight excluding hydrogens is 282 g/mol. The van der Waals surface area contributed by atoms with Crippen LogP contribution in [0.1, 0.15) is 37.7 Å². The number of aryl methyl sites for hydroxylation is 1. The zero-order valence-electron chi connectivity index (χ0n) is 13.1. The second-order valence-corrected chi connectivity index (χ2v) is 5.80. The standard InChI is InChI=1S/C17H22ClN3/c1-5-15-19-16(18)13(4)17(20-15)21(12(2)3)11-14-9-7-6-8-10-14/h6-10,12H,5,11H2,1-4H3. The zero-order chi connectivity index (χ0) is 15.4. The highest BCUT2D eigenvalue weighted by Crippen LogP contribution is 2.26. The average Bonchev–Trinajstić information content (AvgIpc) is 2.48. The van der Waals surface area contributed by atoms with E-state index in [1.165, 1.54) is 5.56 Å². The van der Waals surface area contributed by atoms with E-state index in [0.717, 1.165) is 30.2 Å². The highest BCUT2D eigenvalue weighted by atomic mass is 35.5. The lowest BCUT2D eigenvalue weighted by atomic mass is 10.1. The second-order valence-electron chi connectivity index (χ2n) is 5.44. The summed E-state index contributed by atoms with van der Waals surface area (Å²) in [4.78, 5) is 11.3. The molecule has 2 rings (SSSR count). The van der Waals surface area contributed by atoms with Gasteiger partial charge in [0.1, 0.15) is 16.8 Å². The number of benzene rings is 1. The van der Waals surface area contributed by atoms with Crippen LogP contribution < -0.4 is 4.90 Å². The Bertz CT molecular complexity index is 596. The first-order chi connectivity index (χ1) is 10.0. The predicted octanol–water partition coefficient (Wildman–Crippen LogP) is 4.42. The van der Waals surface area contributed by atoms with Gasteiger partial charge in [-0.25, -0.2) is 9.97 Å². The topological polar surface area (TPSA) is 29.0 Å². The van der Waals surface area contributed by atoms with Gasteiger partial charge in [-0.1, -0.05) is 48.9 Å². The molecule has 0 N–H and O–H groups in total.